The molecule has 0 aliphatic carbocycles. The van der Waals surface area contributed by atoms with Crippen LogP contribution in [-0.4, -0.2) is 12.6 Å². The molecular formula is C12H9BrF6O2. The summed E-state index contributed by atoms with van der Waals surface area (Å²) in [6.45, 7) is 1.41. The first-order valence-corrected chi connectivity index (χ1v) is 6.48. The molecule has 0 bridgehead atoms. The first-order chi connectivity index (χ1) is 9.46. The summed E-state index contributed by atoms with van der Waals surface area (Å²) >= 11 is 2.74. The Bertz CT molecular complexity index is 491. The maximum atomic E-state index is 12.6. The van der Waals surface area contributed by atoms with Gasteiger partial charge >= 0.3 is 18.3 Å². The van der Waals surface area contributed by atoms with Gasteiger partial charge in [0.2, 0.25) is 0 Å². The third-order valence-electron chi connectivity index (χ3n) is 2.40. The Labute approximate surface area is 124 Å². The van der Waals surface area contributed by atoms with Gasteiger partial charge in [0.1, 0.15) is 4.83 Å². The summed E-state index contributed by atoms with van der Waals surface area (Å²) in [5.74, 6) is -0.968. The largest absolute Gasteiger partial charge is 0.465 e. The average Bonchev–Trinajstić information content (AvgIpc) is 2.35. The lowest BCUT2D eigenvalue weighted by Gasteiger charge is -2.16. The fraction of sp³-hybridized carbons (Fsp3) is 0.417. The van der Waals surface area contributed by atoms with Crippen LogP contribution in [0.1, 0.15) is 28.4 Å². The number of hydrogen-bond donors (Lipinski definition) is 0. The molecule has 1 atom stereocenters. The highest BCUT2D eigenvalue weighted by Gasteiger charge is 2.38. The molecule has 0 saturated heterocycles. The van der Waals surface area contributed by atoms with E-state index in [1.807, 2.05) is 0 Å². The summed E-state index contributed by atoms with van der Waals surface area (Å²) in [5, 5.41) is 0. The fourth-order valence-corrected chi connectivity index (χ4v) is 1.87. The summed E-state index contributed by atoms with van der Waals surface area (Å²) in [6.07, 6.45) is -9.92. The van der Waals surface area contributed by atoms with Crippen molar-refractivity contribution in [3.05, 3.63) is 34.9 Å². The number of alkyl halides is 7. The standard InChI is InChI=1S/C12H9BrF6O2/c1-2-21-10(20)9(13)6-3-7(11(14,15)16)5-8(4-6)12(17,18)19/h3-5,9H,2H2,1H3. The average molecular weight is 379 g/mol. The molecule has 118 valence electrons. The van der Waals surface area contributed by atoms with E-state index < -0.39 is 39.8 Å². The van der Waals surface area contributed by atoms with E-state index in [0.29, 0.717) is 12.1 Å². The van der Waals surface area contributed by atoms with Crippen LogP contribution >= 0.6 is 15.9 Å². The monoisotopic (exact) mass is 378 g/mol. The van der Waals surface area contributed by atoms with Crippen molar-refractivity contribution in [3.63, 3.8) is 0 Å². The molecule has 0 radical (unpaired) electrons. The highest BCUT2D eigenvalue weighted by atomic mass is 79.9. The van der Waals surface area contributed by atoms with E-state index in [-0.39, 0.29) is 12.7 Å². The van der Waals surface area contributed by atoms with Gasteiger partial charge in [-0.15, -0.1) is 0 Å². The third-order valence-corrected chi connectivity index (χ3v) is 3.30. The zero-order valence-electron chi connectivity index (χ0n) is 10.5. The predicted molar refractivity (Wildman–Crippen MR) is 64.7 cm³/mol. The van der Waals surface area contributed by atoms with Crippen LogP contribution in [0.2, 0.25) is 0 Å². The lowest BCUT2D eigenvalue weighted by atomic mass is 10.0. The van der Waals surface area contributed by atoms with Crippen molar-refractivity contribution in [3.8, 4) is 0 Å². The highest BCUT2D eigenvalue weighted by Crippen LogP contribution is 2.38. The van der Waals surface area contributed by atoms with Crippen LogP contribution in [0.25, 0.3) is 0 Å². The molecule has 0 aliphatic rings. The number of esters is 1. The topological polar surface area (TPSA) is 26.3 Å². The van der Waals surface area contributed by atoms with E-state index in [2.05, 4.69) is 20.7 Å². The first-order valence-electron chi connectivity index (χ1n) is 5.57. The van der Waals surface area contributed by atoms with E-state index in [1.54, 1.807) is 0 Å². The number of halogens is 7. The van der Waals surface area contributed by atoms with Gasteiger partial charge in [0.25, 0.3) is 0 Å². The molecule has 21 heavy (non-hydrogen) atoms. The molecule has 1 aromatic carbocycles. The van der Waals surface area contributed by atoms with Crippen LogP contribution < -0.4 is 0 Å². The summed E-state index contributed by atoms with van der Waals surface area (Å²) in [4.78, 5) is 10.0. The molecule has 2 nitrogen and oxygen atoms in total. The molecule has 0 fully saturated rings. The van der Waals surface area contributed by atoms with Crippen LogP contribution in [0, 0.1) is 0 Å². The number of hydrogen-bond acceptors (Lipinski definition) is 2. The van der Waals surface area contributed by atoms with E-state index in [0.717, 1.165) is 0 Å². The smallest absolute Gasteiger partial charge is 0.416 e. The van der Waals surface area contributed by atoms with Crippen molar-refractivity contribution < 1.29 is 35.9 Å². The minimum atomic E-state index is -4.96. The first kappa shape index (κ1) is 17.8. The number of rotatable bonds is 3. The van der Waals surface area contributed by atoms with E-state index in [4.69, 9.17) is 0 Å². The van der Waals surface area contributed by atoms with Crippen molar-refractivity contribution in [2.75, 3.05) is 6.61 Å². The summed E-state index contributed by atoms with van der Waals surface area (Å²) < 4.78 is 80.5. The SMILES string of the molecule is CCOC(=O)C(Br)c1cc(C(F)(F)F)cc(C(F)(F)F)c1. The van der Waals surface area contributed by atoms with Crippen LogP contribution in [-0.2, 0) is 21.9 Å². The van der Waals surface area contributed by atoms with Crippen molar-refractivity contribution in [2.45, 2.75) is 24.1 Å². The quantitative estimate of drug-likeness (QED) is 0.432. The maximum Gasteiger partial charge on any atom is 0.416 e. The second kappa shape index (κ2) is 6.25. The molecule has 0 heterocycles. The Kier molecular flexibility index (Phi) is 5.30. The van der Waals surface area contributed by atoms with Gasteiger partial charge in [0.15, 0.2) is 0 Å². The molecule has 0 aliphatic heterocycles. The van der Waals surface area contributed by atoms with Gasteiger partial charge in [-0.05, 0) is 30.7 Å². The van der Waals surface area contributed by atoms with Crippen LogP contribution in [0.15, 0.2) is 18.2 Å². The van der Waals surface area contributed by atoms with Crippen LogP contribution in [0.5, 0.6) is 0 Å². The van der Waals surface area contributed by atoms with Gasteiger partial charge in [0.05, 0.1) is 17.7 Å². The van der Waals surface area contributed by atoms with Crippen LogP contribution in [0.4, 0.5) is 26.3 Å². The summed E-state index contributed by atoms with van der Waals surface area (Å²) in [5.41, 5.74) is -3.45. The third kappa shape index (κ3) is 4.62. The molecular weight excluding hydrogens is 370 g/mol. The zero-order valence-corrected chi connectivity index (χ0v) is 12.1. The van der Waals surface area contributed by atoms with Gasteiger partial charge in [-0.1, -0.05) is 15.9 Å². The second-order valence-electron chi connectivity index (χ2n) is 3.95. The number of carbonyl (C=O) groups is 1. The summed E-state index contributed by atoms with van der Waals surface area (Å²) in [7, 11) is 0. The normalized spacial score (nSPS) is 13.9. The predicted octanol–water partition coefficient (Wildman–Crippen LogP) is 4.72. The van der Waals surface area contributed by atoms with E-state index in [9.17, 15) is 31.1 Å². The van der Waals surface area contributed by atoms with E-state index in [1.165, 1.54) is 6.92 Å². The van der Waals surface area contributed by atoms with Crippen molar-refractivity contribution in [2.24, 2.45) is 0 Å². The van der Waals surface area contributed by atoms with Gasteiger partial charge < -0.3 is 4.74 Å². The maximum absolute atomic E-state index is 12.6. The van der Waals surface area contributed by atoms with Gasteiger partial charge in [0, 0.05) is 0 Å². The molecule has 1 aromatic rings. The number of benzene rings is 1. The molecule has 1 unspecified atom stereocenters. The zero-order chi connectivity index (χ0) is 16.4. The molecule has 0 spiro atoms. The lowest BCUT2D eigenvalue weighted by Crippen LogP contribution is -2.15. The Morgan fingerprint density at radius 3 is 1.86 bits per heavy atom. The highest BCUT2D eigenvalue weighted by molar-refractivity contribution is 9.09. The molecule has 1 rings (SSSR count). The van der Waals surface area contributed by atoms with Gasteiger partial charge in [-0.25, -0.2) is 0 Å². The van der Waals surface area contributed by atoms with Gasteiger partial charge in [-0.2, -0.15) is 26.3 Å². The fourth-order valence-electron chi connectivity index (χ4n) is 1.48. The number of ether oxygens (including phenoxy) is 1. The van der Waals surface area contributed by atoms with Crippen molar-refractivity contribution in [1.82, 2.24) is 0 Å². The Balaban J connectivity index is 3.35. The Morgan fingerprint density at radius 2 is 1.52 bits per heavy atom. The van der Waals surface area contributed by atoms with Crippen molar-refractivity contribution >= 4 is 21.9 Å². The van der Waals surface area contributed by atoms with Gasteiger partial charge in [-0.3, -0.25) is 4.79 Å². The lowest BCUT2D eigenvalue weighted by molar-refractivity contribution is -0.145. The molecule has 0 N–H and O–H groups in total. The van der Waals surface area contributed by atoms with E-state index >= 15 is 0 Å². The minimum Gasteiger partial charge on any atom is -0.465 e. The number of carbonyl (C=O) groups excluding carboxylic acids is 1. The Hall–Kier alpha value is -1.25. The molecule has 0 saturated carbocycles. The minimum absolute atomic E-state index is 0.00558. The van der Waals surface area contributed by atoms with Crippen molar-refractivity contribution in [1.29, 1.82) is 0 Å². The second-order valence-corrected chi connectivity index (χ2v) is 4.87. The molecule has 9 heteroatoms. The molecule has 0 aromatic heterocycles. The molecule has 0 amide bonds. The Morgan fingerprint density at radius 1 is 1.10 bits per heavy atom. The van der Waals surface area contributed by atoms with Crippen LogP contribution in [0.3, 0.4) is 0 Å². The summed E-state index contributed by atoms with van der Waals surface area (Å²) in [6, 6.07) is 0.950.